The van der Waals surface area contributed by atoms with E-state index >= 15 is 0 Å². The summed E-state index contributed by atoms with van der Waals surface area (Å²) in [4.78, 5) is 0. The van der Waals surface area contributed by atoms with Crippen molar-refractivity contribution in [1.82, 2.24) is 0 Å². The average molecular weight is 421 g/mol. The van der Waals surface area contributed by atoms with Gasteiger partial charge in [-0.05, 0) is 47.5 Å². The van der Waals surface area contributed by atoms with Gasteiger partial charge in [-0.3, -0.25) is 0 Å². The van der Waals surface area contributed by atoms with Gasteiger partial charge in [0.15, 0.2) is 0 Å². The molecule has 106 valence electrons. The lowest BCUT2D eigenvalue weighted by molar-refractivity contribution is 0.176. The first kappa shape index (κ1) is 15.8. The molecule has 0 bridgehead atoms. The normalized spacial score (nSPS) is 12.2. The first-order valence-corrected chi connectivity index (χ1v) is 7.93. The molecule has 0 spiro atoms. The Morgan fingerprint density at radius 3 is 2.65 bits per heavy atom. The highest BCUT2D eigenvalue weighted by molar-refractivity contribution is 9.10. The first-order valence-electron chi connectivity index (χ1n) is 5.96. The summed E-state index contributed by atoms with van der Waals surface area (Å²) >= 11 is 12.8. The molecule has 0 radical (unpaired) electrons. The maximum Gasteiger partial charge on any atom is 0.122 e. The Kier molecular flexibility index (Phi) is 5.49. The van der Waals surface area contributed by atoms with Gasteiger partial charge in [0.2, 0.25) is 0 Å². The second kappa shape index (κ2) is 6.94. The number of aliphatic hydroxyl groups is 1. The molecule has 5 heteroatoms. The minimum Gasteiger partial charge on any atom is -0.496 e. The summed E-state index contributed by atoms with van der Waals surface area (Å²) in [6, 6.07) is 11.1. The fourth-order valence-corrected chi connectivity index (χ4v) is 3.09. The Morgan fingerprint density at radius 2 is 1.95 bits per heavy atom. The largest absolute Gasteiger partial charge is 0.496 e. The number of hydrogen-bond acceptors (Lipinski definition) is 2. The monoisotopic (exact) mass is 418 g/mol. The maximum absolute atomic E-state index is 10.4. The third-order valence-corrected chi connectivity index (χ3v) is 4.42. The van der Waals surface area contributed by atoms with Crippen molar-refractivity contribution in [3.05, 3.63) is 61.5 Å². The molecule has 2 aromatic rings. The van der Waals surface area contributed by atoms with Crippen molar-refractivity contribution in [1.29, 1.82) is 0 Å². The van der Waals surface area contributed by atoms with Crippen LogP contribution in [-0.4, -0.2) is 12.2 Å². The number of benzene rings is 2. The molecular weight excluding hydrogens is 407 g/mol. The topological polar surface area (TPSA) is 29.5 Å². The van der Waals surface area contributed by atoms with Crippen molar-refractivity contribution in [2.24, 2.45) is 0 Å². The van der Waals surface area contributed by atoms with Gasteiger partial charge in [-0.1, -0.05) is 43.5 Å². The van der Waals surface area contributed by atoms with Gasteiger partial charge in [0, 0.05) is 20.4 Å². The molecule has 0 aromatic heterocycles. The fourth-order valence-electron chi connectivity index (χ4n) is 1.99. The summed E-state index contributed by atoms with van der Waals surface area (Å²) in [7, 11) is 1.62. The van der Waals surface area contributed by atoms with E-state index in [1.807, 2.05) is 24.3 Å². The second-order valence-corrected chi connectivity index (χ2v) is 6.55. The molecule has 0 aliphatic carbocycles. The van der Waals surface area contributed by atoms with Crippen molar-refractivity contribution in [3.8, 4) is 5.75 Å². The molecule has 1 N–H and O–H groups in total. The van der Waals surface area contributed by atoms with Gasteiger partial charge in [-0.25, -0.2) is 0 Å². The Hall–Kier alpha value is -0.550. The fraction of sp³-hybridized carbons (Fsp3) is 0.200. The summed E-state index contributed by atoms with van der Waals surface area (Å²) in [6.45, 7) is 0. The van der Waals surface area contributed by atoms with Gasteiger partial charge < -0.3 is 9.84 Å². The molecule has 0 amide bonds. The van der Waals surface area contributed by atoms with E-state index in [-0.39, 0.29) is 0 Å². The van der Waals surface area contributed by atoms with Crippen LogP contribution in [0.4, 0.5) is 0 Å². The SMILES string of the molecule is COc1ccc(Br)cc1CC(O)c1cc(Cl)ccc1Br. The lowest BCUT2D eigenvalue weighted by Gasteiger charge is -2.16. The standard InChI is InChI=1S/C15H13Br2ClO2/c1-20-15-5-2-10(16)6-9(15)7-14(19)12-8-11(18)3-4-13(12)17/h2-6,8,14,19H,7H2,1H3. The predicted octanol–water partition coefficient (Wildman–Crippen LogP) is 5.15. The van der Waals surface area contributed by atoms with Crippen molar-refractivity contribution in [2.75, 3.05) is 7.11 Å². The Bertz CT molecular complexity index is 617. The van der Waals surface area contributed by atoms with Crippen LogP contribution in [0.25, 0.3) is 0 Å². The van der Waals surface area contributed by atoms with E-state index in [1.165, 1.54) is 0 Å². The summed E-state index contributed by atoms with van der Waals surface area (Å²) in [5.41, 5.74) is 1.70. The highest BCUT2D eigenvalue weighted by atomic mass is 79.9. The van der Waals surface area contributed by atoms with Gasteiger partial charge in [-0.15, -0.1) is 0 Å². The maximum atomic E-state index is 10.4. The van der Waals surface area contributed by atoms with Gasteiger partial charge in [0.1, 0.15) is 5.75 Å². The lowest BCUT2D eigenvalue weighted by Crippen LogP contribution is -2.04. The molecule has 0 heterocycles. The minimum atomic E-state index is -0.661. The molecule has 2 rings (SSSR count). The second-order valence-electron chi connectivity index (χ2n) is 4.34. The zero-order valence-corrected chi connectivity index (χ0v) is 14.7. The van der Waals surface area contributed by atoms with E-state index in [4.69, 9.17) is 16.3 Å². The number of methoxy groups -OCH3 is 1. The van der Waals surface area contributed by atoms with Crippen LogP contribution in [0.15, 0.2) is 45.3 Å². The van der Waals surface area contributed by atoms with Gasteiger partial charge in [0.25, 0.3) is 0 Å². The lowest BCUT2D eigenvalue weighted by atomic mass is 10.0. The Morgan fingerprint density at radius 1 is 1.20 bits per heavy atom. The minimum absolute atomic E-state index is 0.446. The molecule has 1 atom stereocenters. The van der Waals surface area contributed by atoms with E-state index in [2.05, 4.69) is 31.9 Å². The number of rotatable bonds is 4. The smallest absolute Gasteiger partial charge is 0.122 e. The predicted molar refractivity (Wildman–Crippen MR) is 88.5 cm³/mol. The molecule has 1 unspecified atom stereocenters. The van der Waals surface area contributed by atoms with E-state index < -0.39 is 6.10 Å². The van der Waals surface area contributed by atoms with Crippen LogP contribution in [0.5, 0.6) is 5.75 Å². The number of ether oxygens (including phenoxy) is 1. The van der Waals surface area contributed by atoms with Crippen LogP contribution in [0, 0.1) is 0 Å². The average Bonchev–Trinajstić information content (AvgIpc) is 2.41. The zero-order chi connectivity index (χ0) is 14.7. The highest BCUT2D eigenvalue weighted by Gasteiger charge is 2.15. The molecule has 0 fully saturated rings. The van der Waals surface area contributed by atoms with E-state index in [0.717, 1.165) is 25.8 Å². The van der Waals surface area contributed by atoms with Crippen molar-refractivity contribution >= 4 is 43.5 Å². The number of aliphatic hydroxyl groups excluding tert-OH is 1. The van der Waals surface area contributed by atoms with Gasteiger partial charge in [-0.2, -0.15) is 0 Å². The first-order chi connectivity index (χ1) is 9.51. The van der Waals surface area contributed by atoms with Crippen molar-refractivity contribution in [2.45, 2.75) is 12.5 Å². The molecule has 0 aliphatic rings. The molecule has 0 aliphatic heterocycles. The van der Waals surface area contributed by atoms with E-state index in [9.17, 15) is 5.11 Å². The summed E-state index contributed by atoms with van der Waals surface area (Å²) in [6.07, 6.45) is -0.215. The van der Waals surface area contributed by atoms with Crippen LogP contribution in [0.1, 0.15) is 17.2 Å². The molecule has 2 nitrogen and oxygen atoms in total. The third kappa shape index (κ3) is 3.76. The Balaban J connectivity index is 2.29. The summed E-state index contributed by atoms with van der Waals surface area (Å²) < 4.78 is 7.11. The molecule has 2 aromatic carbocycles. The zero-order valence-electron chi connectivity index (χ0n) is 10.7. The van der Waals surface area contributed by atoms with Crippen LogP contribution in [0.3, 0.4) is 0 Å². The summed E-state index contributed by atoms with van der Waals surface area (Å²) in [5, 5.41) is 11.0. The van der Waals surface area contributed by atoms with Crippen LogP contribution < -0.4 is 4.74 Å². The van der Waals surface area contributed by atoms with E-state index in [1.54, 1.807) is 19.2 Å². The van der Waals surface area contributed by atoms with Gasteiger partial charge >= 0.3 is 0 Å². The van der Waals surface area contributed by atoms with Crippen LogP contribution in [0.2, 0.25) is 5.02 Å². The molecule has 0 saturated heterocycles. The molecular formula is C15H13Br2ClO2. The van der Waals surface area contributed by atoms with Crippen molar-refractivity contribution in [3.63, 3.8) is 0 Å². The Labute approximate surface area is 140 Å². The molecule has 0 saturated carbocycles. The molecule has 20 heavy (non-hydrogen) atoms. The van der Waals surface area contributed by atoms with Crippen molar-refractivity contribution < 1.29 is 9.84 Å². The summed E-state index contributed by atoms with van der Waals surface area (Å²) in [5.74, 6) is 0.755. The van der Waals surface area contributed by atoms with E-state index in [0.29, 0.717) is 11.4 Å². The highest BCUT2D eigenvalue weighted by Crippen LogP contribution is 2.32. The third-order valence-electron chi connectivity index (χ3n) is 2.97. The number of halogens is 3. The van der Waals surface area contributed by atoms with Gasteiger partial charge in [0.05, 0.1) is 13.2 Å². The van der Waals surface area contributed by atoms with Crippen LogP contribution in [-0.2, 0) is 6.42 Å². The quantitative estimate of drug-likeness (QED) is 0.741. The number of hydrogen-bond donors (Lipinski definition) is 1. The van der Waals surface area contributed by atoms with Crippen LogP contribution >= 0.6 is 43.5 Å².